The second-order valence-corrected chi connectivity index (χ2v) is 6.32. The highest BCUT2D eigenvalue weighted by Gasteiger charge is 2.17. The predicted molar refractivity (Wildman–Crippen MR) is 106 cm³/mol. The lowest BCUT2D eigenvalue weighted by molar-refractivity contribution is 0.415. The maximum absolute atomic E-state index is 5.34. The van der Waals surface area contributed by atoms with Crippen molar-refractivity contribution in [1.29, 1.82) is 0 Å². The van der Waals surface area contributed by atoms with Crippen molar-refractivity contribution >= 4 is 16.4 Å². The van der Waals surface area contributed by atoms with Crippen molar-refractivity contribution in [2.24, 2.45) is 0 Å². The van der Waals surface area contributed by atoms with Gasteiger partial charge in [-0.15, -0.1) is 0 Å². The van der Waals surface area contributed by atoms with Gasteiger partial charge in [-0.25, -0.2) is 0 Å². The Hall–Kier alpha value is -3.46. The smallest absolute Gasteiger partial charge is 0.118 e. The van der Waals surface area contributed by atoms with Crippen LogP contribution in [0.4, 0.5) is 0 Å². The third-order valence-corrected chi connectivity index (χ3v) is 4.90. The minimum atomic E-state index is 0.864. The van der Waals surface area contributed by atoms with Gasteiger partial charge in [0.05, 0.1) is 23.8 Å². The average molecular weight is 338 g/mol. The maximum Gasteiger partial charge on any atom is 0.118 e. The Morgan fingerprint density at radius 2 is 1.42 bits per heavy atom. The number of nitrogens with zero attached hydrogens (tertiary/aromatic N) is 2. The van der Waals surface area contributed by atoms with Crippen LogP contribution in [0.1, 0.15) is 0 Å². The van der Waals surface area contributed by atoms with E-state index in [4.69, 9.17) is 4.74 Å². The van der Waals surface area contributed by atoms with Crippen LogP contribution in [0.5, 0.6) is 5.75 Å². The van der Waals surface area contributed by atoms with Crippen molar-refractivity contribution < 1.29 is 4.74 Å². The number of hydrogen-bond donors (Lipinski definition) is 0. The van der Waals surface area contributed by atoms with Gasteiger partial charge in [0.15, 0.2) is 0 Å². The third kappa shape index (κ3) is 2.14. The van der Waals surface area contributed by atoms with E-state index in [0.717, 1.165) is 5.75 Å². The van der Waals surface area contributed by atoms with Gasteiger partial charge in [0.25, 0.3) is 0 Å². The summed E-state index contributed by atoms with van der Waals surface area (Å²) in [5.41, 5.74) is 5.98. The first-order chi connectivity index (χ1) is 12.9. The summed E-state index contributed by atoms with van der Waals surface area (Å²) in [5, 5.41) is 1.22. The number of hydrogen-bond acceptors (Lipinski definition) is 1. The summed E-state index contributed by atoms with van der Waals surface area (Å²) in [5.74, 6) is 0.864. The highest BCUT2D eigenvalue weighted by atomic mass is 16.5. The van der Waals surface area contributed by atoms with E-state index >= 15 is 0 Å². The molecule has 126 valence electrons. The van der Waals surface area contributed by atoms with Gasteiger partial charge in [-0.05, 0) is 48.0 Å². The van der Waals surface area contributed by atoms with Crippen LogP contribution >= 0.6 is 0 Å². The molecule has 0 spiro atoms. The van der Waals surface area contributed by atoms with Gasteiger partial charge in [0, 0.05) is 29.5 Å². The van der Waals surface area contributed by atoms with Gasteiger partial charge in [0.1, 0.15) is 5.75 Å². The number of methoxy groups -OCH3 is 1. The molecule has 3 heterocycles. The second-order valence-electron chi connectivity index (χ2n) is 6.32. The monoisotopic (exact) mass is 338 g/mol. The summed E-state index contributed by atoms with van der Waals surface area (Å²) in [6, 6.07) is 25.3. The molecule has 0 saturated heterocycles. The first kappa shape index (κ1) is 14.8. The quantitative estimate of drug-likeness (QED) is 0.421. The fraction of sp³-hybridized carbons (Fsp3) is 0.0435. The standard InChI is InChI=1S/C23H18N2O/c1-26-18-12-10-17(11-13-18)22-21-9-6-16-25(21)20-8-3-2-7-19(20)23(22)24-14-4-5-15-24/h2-16H,1H3. The fourth-order valence-electron chi connectivity index (χ4n) is 3.73. The fourth-order valence-corrected chi connectivity index (χ4v) is 3.73. The van der Waals surface area contributed by atoms with Crippen LogP contribution in [0, 0.1) is 0 Å². The van der Waals surface area contributed by atoms with Crippen LogP contribution in [0.15, 0.2) is 91.4 Å². The third-order valence-electron chi connectivity index (χ3n) is 4.90. The number of ether oxygens (including phenoxy) is 1. The Morgan fingerprint density at radius 3 is 2.19 bits per heavy atom. The van der Waals surface area contributed by atoms with Crippen molar-refractivity contribution in [2.45, 2.75) is 0 Å². The van der Waals surface area contributed by atoms with Gasteiger partial charge in [0.2, 0.25) is 0 Å². The highest BCUT2D eigenvalue weighted by Crippen LogP contribution is 2.38. The summed E-state index contributed by atoms with van der Waals surface area (Å²) in [6.07, 6.45) is 6.34. The Bertz CT molecular complexity index is 1200. The number of rotatable bonds is 3. The van der Waals surface area contributed by atoms with Crippen molar-refractivity contribution in [3.8, 4) is 22.6 Å². The number of benzene rings is 2. The minimum absolute atomic E-state index is 0.864. The van der Waals surface area contributed by atoms with E-state index in [0.29, 0.717) is 0 Å². The van der Waals surface area contributed by atoms with E-state index in [9.17, 15) is 0 Å². The summed E-state index contributed by atoms with van der Waals surface area (Å²) in [4.78, 5) is 0. The Labute approximate surface area is 151 Å². The molecule has 0 unspecified atom stereocenters. The van der Waals surface area contributed by atoms with Crippen LogP contribution < -0.4 is 4.74 Å². The molecule has 0 radical (unpaired) electrons. The molecule has 5 aromatic rings. The summed E-state index contributed by atoms with van der Waals surface area (Å²) in [7, 11) is 1.70. The van der Waals surface area contributed by atoms with E-state index < -0.39 is 0 Å². The molecule has 0 aliphatic rings. The molecule has 5 rings (SSSR count). The molecule has 3 aromatic heterocycles. The van der Waals surface area contributed by atoms with Gasteiger partial charge < -0.3 is 13.7 Å². The van der Waals surface area contributed by atoms with Gasteiger partial charge in [-0.1, -0.05) is 30.3 Å². The first-order valence-electron chi connectivity index (χ1n) is 8.66. The molecule has 0 aliphatic heterocycles. The summed E-state index contributed by atoms with van der Waals surface area (Å²) >= 11 is 0. The SMILES string of the molecule is COc1ccc(-c2c(-n3cccc3)c3ccccc3n3cccc23)cc1. The zero-order valence-electron chi connectivity index (χ0n) is 14.5. The normalized spacial score (nSPS) is 11.3. The molecular weight excluding hydrogens is 320 g/mol. The predicted octanol–water partition coefficient (Wildman–Crippen LogP) is 5.56. The molecule has 0 N–H and O–H groups in total. The molecular formula is C23H18N2O. The number of para-hydroxylation sites is 1. The second kappa shape index (κ2) is 5.81. The molecule has 0 amide bonds. The largest absolute Gasteiger partial charge is 0.497 e. The van der Waals surface area contributed by atoms with Crippen LogP contribution in [-0.4, -0.2) is 16.1 Å². The topological polar surface area (TPSA) is 18.6 Å². The molecule has 0 atom stereocenters. The number of fused-ring (bicyclic) bond motifs is 3. The molecule has 0 fully saturated rings. The van der Waals surface area contributed by atoms with Crippen molar-refractivity contribution in [3.63, 3.8) is 0 Å². The molecule has 0 saturated carbocycles. The van der Waals surface area contributed by atoms with E-state index in [-0.39, 0.29) is 0 Å². The number of pyridine rings is 1. The Kier molecular flexibility index (Phi) is 3.32. The summed E-state index contributed by atoms with van der Waals surface area (Å²) in [6.45, 7) is 0. The van der Waals surface area contributed by atoms with E-state index in [1.54, 1.807) is 7.11 Å². The van der Waals surface area contributed by atoms with Crippen LogP contribution in [0.3, 0.4) is 0 Å². The van der Waals surface area contributed by atoms with Crippen LogP contribution in [0.2, 0.25) is 0 Å². The van der Waals surface area contributed by atoms with E-state index in [2.05, 4.69) is 88.2 Å². The summed E-state index contributed by atoms with van der Waals surface area (Å²) < 4.78 is 9.81. The molecule has 26 heavy (non-hydrogen) atoms. The van der Waals surface area contributed by atoms with Crippen LogP contribution in [0.25, 0.3) is 33.2 Å². The van der Waals surface area contributed by atoms with Gasteiger partial charge >= 0.3 is 0 Å². The lowest BCUT2D eigenvalue weighted by Crippen LogP contribution is -2.00. The zero-order valence-corrected chi connectivity index (χ0v) is 14.5. The van der Waals surface area contributed by atoms with Crippen molar-refractivity contribution in [2.75, 3.05) is 7.11 Å². The molecule has 2 aromatic carbocycles. The zero-order chi connectivity index (χ0) is 17.5. The molecule has 3 nitrogen and oxygen atoms in total. The molecule has 0 bridgehead atoms. The molecule has 3 heteroatoms. The highest BCUT2D eigenvalue weighted by molar-refractivity contribution is 6.02. The Morgan fingerprint density at radius 1 is 0.692 bits per heavy atom. The Balaban J connectivity index is 1.96. The van der Waals surface area contributed by atoms with E-state index in [1.807, 2.05) is 12.1 Å². The van der Waals surface area contributed by atoms with Gasteiger partial charge in [-0.2, -0.15) is 0 Å². The van der Waals surface area contributed by atoms with Crippen molar-refractivity contribution in [1.82, 2.24) is 8.97 Å². The average Bonchev–Trinajstić information content (AvgIpc) is 3.39. The first-order valence-corrected chi connectivity index (χ1v) is 8.66. The molecule has 0 aliphatic carbocycles. The lowest BCUT2D eigenvalue weighted by atomic mass is 9.99. The maximum atomic E-state index is 5.34. The lowest BCUT2D eigenvalue weighted by Gasteiger charge is -2.18. The van der Waals surface area contributed by atoms with Gasteiger partial charge in [-0.3, -0.25) is 0 Å². The van der Waals surface area contributed by atoms with Crippen molar-refractivity contribution in [3.05, 3.63) is 91.4 Å². The van der Waals surface area contributed by atoms with E-state index in [1.165, 1.54) is 33.2 Å². The minimum Gasteiger partial charge on any atom is -0.497 e. The van der Waals surface area contributed by atoms with Crippen LogP contribution in [-0.2, 0) is 0 Å². The number of aromatic nitrogens is 2.